The number of primary amides is 1. The second kappa shape index (κ2) is 8.73. The first-order valence-electron chi connectivity index (χ1n) is 8.82. The van der Waals surface area contributed by atoms with Gasteiger partial charge < -0.3 is 15.2 Å². The van der Waals surface area contributed by atoms with Gasteiger partial charge in [-0.2, -0.15) is 0 Å². The van der Waals surface area contributed by atoms with E-state index in [1.807, 2.05) is 54.6 Å². The van der Waals surface area contributed by atoms with Crippen molar-refractivity contribution in [1.29, 1.82) is 0 Å². The van der Waals surface area contributed by atoms with Crippen molar-refractivity contribution in [2.45, 2.75) is 25.0 Å². The van der Waals surface area contributed by atoms with E-state index in [1.54, 1.807) is 4.90 Å². The lowest BCUT2D eigenvalue weighted by atomic mass is 10.2. The van der Waals surface area contributed by atoms with E-state index in [4.69, 9.17) is 5.73 Å². The summed E-state index contributed by atoms with van der Waals surface area (Å²) in [6.45, 7) is 3.10. The Balaban J connectivity index is 1.77. The molecule has 2 aromatic carbocycles. The van der Waals surface area contributed by atoms with E-state index in [9.17, 15) is 9.59 Å². The lowest BCUT2D eigenvalue weighted by Crippen LogP contribution is -2.35. The molecule has 0 saturated carbocycles. The van der Waals surface area contributed by atoms with Crippen molar-refractivity contribution in [1.82, 2.24) is 9.55 Å². The van der Waals surface area contributed by atoms with E-state index in [1.165, 1.54) is 11.8 Å². The van der Waals surface area contributed by atoms with E-state index in [2.05, 4.69) is 16.5 Å². The molecule has 6 nitrogen and oxygen atoms in total. The highest BCUT2D eigenvalue weighted by molar-refractivity contribution is 7.99. The summed E-state index contributed by atoms with van der Waals surface area (Å²) < 4.78 is 2.10. The molecular formula is C20H22N4O2S. The van der Waals surface area contributed by atoms with Crippen LogP contribution in [0.3, 0.4) is 0 Å². The van der Waals surface area contributed by atoms with Crippen molar-refractivity contribution in [2.24, 2.45) is 5.73 Å². The van der Waals surface area contributed by atoms with Crippen LogP contribution in [-0.2, 0) is 16.1 Å². The van der Waals surface area contributed by atoms with Gasteiger partial charge in [0.25, 0.3) is 0 Å². The van der Waals surface area contributed by atoms with Crippen molar-refractivity contribution in [3.63, 3.8) is 0 Å². The molecule has 0 bridgehead atoms. The van der Waals surface area contributed by atoms with Crippen molar-refractivity contribution >= 4 is 40.3 Å². The standard InChI is InChI=1S/C20H22N4O2S/c1-2-23-17-11-7-6-10-16(17)22-20(23)27-14-19(26)24(13-12-18(21)25)15-8-4-3-5-9-15/h3-11H,2,12-14H2,1H3,(H2,21,25). The van der Waals surface area contributed by atoms with E-state index in [-0.39, 0.29) is 24.6 Å². The molecule has 1 heterocycles. The van der Waals surface area contributed by atoms with Crippen LogP contribution in [0.15, 0.2) is 59.8 Å². The molecule has 0 atom stereocenters. The summed E-state index contributed by atoms with van der Waals surface area (Å²) in [6, 6.07) is 17.3. The minimum absolute atomic E-state index is 0.0813. The minimum Gasteiger partial charge on any atom is -0.370 e. The Hall–Kier alpha value is -2.80. The predicted octanol–water partition coefficient (Wildman–Crippen LogP) is 3.06. The second-order valence-corrected chi connectivity index (χ2v) is 6.96. The molecule has 140 valence electrons. The van der Waals surface area contributed by atoms with Gasteiger partial charge in [0.05, 0.1) is 16.8 Å². The SMILES string of the molecule is CCn1c(SCC(=O)N(CCC(N)=O)c2ccccc2)nc2ccccc21. The maximum Gasteiger partial charge on any atom is 0.237 e. The number of hydrogen-bond acceptors (Lipinski definition) is 4. The molecule has 0 radical (unpaired) electrons. The molecule has 7 heteroatoms. The van der Waals surface area contributed by atoms with E-state index >= 15 is 0 Å². The number of hydrogen-bond donors (Lipinski definition) is 1. The van der Waals surface area contributed by atoms with Crippen LogP contribution in [0.4, 0.5) is 5.69 Å². The molecule has 0 saturated heterocycles. The number of para-hydroxylation sites is 3. The Morgan fingerprint density at radius 1 is 1.11 bits per heavy atom. The second-order valence-electron chi connectivity index (χ2n) is 6.01. The molecule has 0 fully saturated rings. The molecular weight excluding hydrogens is 360 g/mol. The van der Waals surface area contributed by atoms with Gasteiger partial charge in [0.1, 0.15) is 0 Å². The van der Waals surface area contributed by atoms with Gasteiger partial charge in [0.15, 0.2) is 5.16 Å². The van der Waals surface area contributed by atoms with Crippen molar-refractivity contribution in [2.75, 3.05) is 17.2 Å². The van der Waals surface area contributed by atoms with Crippen LogP contribution in [0.5, 0.6) is 0 Å². The van der Waals surface area contributed by atoms with Crippen LogP contribution in [0.2, 0.25) is 0 Å². The van der Waals surface area contributed by atoms with E-state index in [0.717, 1.165) is 28.4 Å². The van der Waals surface area contributed by atoms with E-state index < -0.39 is 5.91 Å². The molecule has 0 aliphatic rings. The average molecular weight is 382 g/mol. The first-order valence-corrected chi connectivity index (χ1v) is 9.80. The van der Waals surface area contributed by atoms with Crippen LogP contribution < -0.4 is 10.6 Å². The first-order chi connectivity index (χ1) is 13.1. The molecule has 2 amide bonds. The summed E-state index contributed by atoms with van der Waals surface area (Å²) >= 11 is 1.41. The summed E-state index contributed by atoms with van der Waals surface area (Å²) in [4.78, 5) is 30.3. The number of anilines is 1. The lowest BCUT2D eigenvalue weighted by Gasteiger charge is -2.22. The first kappa shape index (κ1) is 19.0. The molecule has 3 rings (SSSR count). The van der Waals surface area contributed by atoms with Gasteiger partial charge in [-0.1, -0.05) is 42.1 Å². The zero-order chi connectivity index (χ0) is 19.2. The van der Waals surface area contributed by atoms with Gasteiger partial charge in [0, 0.05) is 25.2 Å². The number of benzene rings is 2. The third-order valence-electron chi connectivity index (χ3n) is 4.21. The molecule has 2 N–H and O–H groups in total. The highest BCUT2D eigenvalue weighted by Crippen LogP contribution is 2.25. The quantitative estimate of drug-likeness (QED) is 0.607. The van der Waals surface area contributed by atoms with Gasteiger partial charge in [-0.25, -0.2) is 4.98 Å². The number of imidazole rings is 1. The monoisotopic (exact) mass is 382 g/mol. The fourth-order valence-corrected chi connectivity index (χ4v) is 3.86. The topological polar surface area (TPSA) is 81.2 Å². The van der Waals surface area contributed by atoms with Gasteiger partial charge in [0.2, 0.25) is 11.8 Å². The highest BCUT2D eigenvalue weighted by Gasteiger charge is 2.18. The van der Waals surface area contributed by atoms with Gasteiger partial charge in [-0.15, -0.1) is 0 Å². The van der Waals surface area contributed by atoms with Crippen LogP contribution in [0.1, 0.15) is 13.3 Å². The molecule has 0 unspecified atom stereocenters. The summed E-state index contributed by atoms with van der Waals surface area (Å²) in [5, 5.41) is 0.815. The lowest BCUT2D eigenvalue weighted by molar-refractivity contribution is -0.118. The zero-order valence-corrected chi connectivity index (χ0v) is 16.0. The molecule has 0 spiro atoms. The summed E-state index contributed by atoms with van der Waals surface area (Å²) in [5.74, 6) is -0.275. The Labute approximate surface area is 162 Å². The fourth-order valence-electron chi connectivity index (χ4n) is 2.90. The molecule has 0 aliphatic heterocycles. The smallest absolute Gasteiger partial charge is 0.237 e. The normalized spacial score (nSPS) is 10.9. The number of carbonyl (C=O) groups is 2. The number of carbonyl (C=O) groups excluding carboxylic acids is 2. The number of nitrogens with zero attached hydrogens (tertiary/aromatic N) is 3. The van der Waals surface area contributed by atoms with Crippen LogP contribution in [-0.4, -0.2) is 33.7 Å². The number of nitrogens with two attached hydrogens (primary N) is 1. The Kier molecular flexibility index (Phi) is 6.13. The Morgan fingerprint density at radius 2 is 1.81 bits per heavy atom. The van der Waals surface area contributed by atoms with Crippen molar-refractivity contribution in [3.8, 4) is 0 Å². The summed E-state index contributed by atoms with van der Waals surface area (Å²) in [5.41, 5.74) is 8.01. The summed E-state index contributed by atoms with van der Waals surface area (Å²) in [6.07, 6.45) is 0.124. The number of fused-ring (bicyclic) bond motifs is 1. The van der Waals surface area contributed by atoms with Gasteiger partial charge in [-0.3, -0.25) is 9.59 Å². The molecule has 27 heavy (non-hydrogen) atoms. The van der Waals surface area contributed by atoms with E-state index in [0.29, 0.717) is 0 Å². The Morgan fingerprint density at radius 3 is 2.52 bits per heavy atom. The van der Waals surface area contributed by atoms with Gasteiger partial charge in [-0.05, 0) is 31.2 Å². The molecule has 3 aromatic rings. The molecule has 1 aromatic heterocycles. The van der Waals surface area contributed by atoms with Crippen molar-refractivity contribution in [3.05, 3.63) is 54.6 Å². The zero-order valence-electron chi connectivity index (χ0n) is 15.2. The van der Waals surface area contributed by atoms with Crippen LogP contribution in [0, 0.1) is 0 Å². The maximum absolute atomic E-state index is 12.9. The third kappa shape index (κ3) is 4.49. The van der Waals surface area contributed by atoms with Gasteiger partial charge >= 0.3 is 0 Å². The largest absolute Gasteiger partial charge is 0.370 e. The maximum atomic E-state index is 12.9. The van der Waals surface area contributed by atoms with Crippen molar-refractivity contribution < 1.29 is 9.59 Å². The number of amides is 2. The number of thioether (sulfide) groups is 1. The summed E-state index contributed by atoms with van der Waals surface area (Å²) in [7, 11) is 0. The van der Waals surface area contributed by atoms with Crippen LogP contribution in [0.25, 0.3) is 11.0 Å². The van der Waals surface area contributed by atoms with Crippen LogP contribution >= 0.6 is 11.8 Å². The minimum atomic E-state index is -0.427. The average Bonchev–Trinajstić information content (AvgIpc) is 3.04. The highest BCUT2D eigenvalue weighted by atomic mass is 32.2. The third-order valence-corrected chi connectivity index (χ3v) is 5.17. The fraction of sp³-hybridized carbons (Fsp3) is 0.250. The predicted molar refractivity (Wildman–Crippen MR) is 109 cm³/mol. The number of aromatic nitrogens is 2. The Bertz CT molecular complexity index is 940. The number of aryl methyl sites for hydroxylation is 1. The number of rotatable bonds is 8. The molecule has 0 aliphatic carbocycles.